The van der Waals surface area contributed by atoms with Crippen LogP contribution in [0.5, 0.6) is 5.75 Å². The molecule has 2 fully saturated rings. The number of nitrogens with one attached hydrogen (secondary N) is 1. The average Bonchev–Trinajstić information content (AvgIpc) is 3.19. The second kappa shape index (κ2) is 9.05. The molecule has 1 aromatic rings. The van der Waals surface area contributed by atoms with E-state index in [9.17, 15) is 9.90 Å². The molecule has 29 heavy (non-hydrogen) atoms. The third-order valence-corrected chi connectivity index (χ3v) is 7.31. The summed E-state index contributed by atoms with van der Waals surface area (Å²) in [5, 5.41) is 13.8. The predicted octanol–water partition coefficient (Wildman–Crippen LogP) is 3.60. The Kier molecular flexibility index (Phi) is 6.45. The molecule has 1 amide bonds. The molecule has 1 aromatic carbocycles. The maximum Gasteiger partial charge on any atom is 0.237 e. The first kappa shape index (κ1) is 20.7. The van der Waals surface area contributed by atoms with Gasteiger partial charge in [-0.1, -0.05) is 38.2 Å². The number of rotatable bonds is 6. The molecule has 5 nitrogen and oxygen atoms in total. The van der Waals surface area contributed by atoms with Crippen molar-refractivity contribution in [2.24, 2.45) is 5.92 Å². The summed E-state index contributed by atoms with van der Waals surface area (Å²) >= 11 is 0. The number of nitrogens with zero attached hydrogens (tertiary/aromatic N) is 1. The molecule has 0 bridgehead atoms. The molecule has 5 heteroatoms. The number of fused-ring (bicyclic) bond motifs is 1. The average molecular weight is 401 g/mol. The third kappa shape index (κ3) is 4.61. The van der Waals surface area contributed by atoms with Gasteiger partial charge in [-0.2, -0.15) is 0 Å². The van der Waals surface area contributed by atoms with Crippen LogP contribution in [0.3, 0.4) is 0 Å². The van der Waals surface area contributed by atoms with E-state index in [-0.39, 0.29) is 11.9 Å². The van der Waals surface area contributed by atoms with Gasteiger partial charge in [0.2, 0.25) is 5.91 Å². The largest absolute Gasteiger partial charge is 0.497 e. The van der Waals surface area contributed by atoms with E-state index in [0.717, 1.165) is 44.4 Å². The van der Waals surface area contributed by atoms with Crippen LogP contribution in [0.2, 0.25) is 0 Å². The zero-order valence-electron chi connectivity index (χ0n) is 17.8. The molecular formula is C24H36N2O3. The Morgan fingerprint density at radius 2 is 1.97 bits per heavy atom. The van der Waals surface area contributed by atoms with Crippen LogP contribution in [0, 0.1) is 5.92 Å². The summed E-state index contributed by atoms with van der Waals surface area (Å²) in [6.07, 6.45) is 11.0. The molecule has 1 aliphatic heterocycles. The quantitative estimate of drug-likeness (QED) is 0.766. The van der Waals surface area contributed by atoms with Gasteiger partial charge in [0.25, 0.3) is 0 Å². The first-order valence-electron chi connectivity index (χ1n) is 11.5. The number of methoxy groups -OCH3 is 1. The van der Waals surface area contributed by atoms with Gasteiger partial charge in [0, 0.05) is 13.1 Å². The SMILES string of the molecule is COc1ccc2c(c1)C(C1CCCCC1)N(C(=O)CNCC1(O)CCCC1)CC2. The van der Waals surface area contributed by atoms with Gasteiger partial charge < -0.3 is 20.1 Å². The van der Waals surface area contributed by atoms with E-state index in [1.54, 1.807) is 7.11 Å². The van der Waals surface area contributed by atoms with Crippen LogP contribution in [0.4, 0.5) is 0 Å². The van der Waals surface area contributed by atoms with Crippen LogP contribution >= 0.6 is 0 Å². The smallest absolute Gasteiger partial charge is 0.237 e. The second-order valence-electron chi connectivity index (χ2n) is 9.28. The molecule has 3 aliphatic rings. The molecule has 2 saturated carbocycles. The van der Waals surface area contributed by atoms with E-state index in [4.69, 9.17) is 4.74 Å². The van der Waals surface area contributed by atoms with Crippen molar-refractivity contribution in [1.82, 2.24) is 10.2 Å². The molecule has 4 rings (SSSR count). The van der Waals surface area contributed by atoms with Crippen molar-refractivity contribution in [2.45, 2.75) is 75.9 Å². The van der Waals surface area contributed by atoms with Gasteiger partial charge >= 0.3 is 0 Å². The third-order valence-electron chi connectivity index (χ3n) is 7.31. The fourth-order valence-corrected chi connectivity index (χ4v) is 5.70. The zero-order chi connectivity index (χ0) is 20.3. The number of aliphatic hydroxyl groups is 1. The molecule has 1 unspecified atom stereocenters. The van der Waals surface area contributed by atoms with Crippen molar-refractivity contribution in [1.29, 1.82) is 0 Å². The van der Waals surface area contributed by atoms with Crippen molar-refractivity contribution in [2.75, 3.05) is 26.7 Å². The Bertz CT molecular complexity index is 708. The highest BCUT2D eigenvalue weighted by atomic mass is 16.5. The van der Waals surface area contributed by atoms with Crippen molar-refractivity contribution in [3.8, 4) is 5.75 Å². The van der Waals surface area contributed by atoms with Gasteiger partial charge in [-0.25, -0.2) is 0 Å². The highest BCUT2D eigenvalue weighted by molar-refractivity contribution is 5.79. The number of ether oxygens (including phenoxy) is 1. The van der Waals surface area contributed by atoms with Crippen molar-refractivity contribution in [3.63, 3.8) is 0 Å². The lowest BCUT2D eigenvalue weighted by Crippen LogP contribution is -2.48. The second-order valence-corrected chi connectivity index (χ2v) is 9.28. The van der Waals surface area contributed by atoms with Crippen molar-refractivity contribution in [3.05, 3.63) is 29.3 Å². The molecule has 1 atom stereocenters. The minimum atomic E-state index is -0.620. The zero-order valence-corrected chi connectivity index (χ0v) is 17.8. The summed E-state index contributed by atoms with van der Waals surface area (Å²) in [6.45, 7) is 1.61. The standard InChI is InChI=1S/C24H36N2O3/c1-29-20-10-9-18-11-14-26(22(27)16-25-17-24(28)12-5-6-13-24)23(21(18)15-20)19-7-3-2-4-8-19/h9-10,15,19,23,25,28H,2-8,11-14,16-17H2,1H3. The van der Waals surface area contributed by atoms with Gasteiger partial charge in [-0.3, -0.25) is 4.79 Å². The Morgan fingerprint density at radius 3 is 2.69 bits per heavy atom. The predicted molar refractivity (Wildman–Crippen MR) is 114 cm³/mol. The Morgan fingerprint density at radius 1 is 1.21 bits per heavy atom. The van der Waals surface area contributed by atoms with E-state index in [1.807, 2.05) is 6.07 Å². The number of hydrogen-bond acceptors (Lipinski definition) is 4. The van der Waals surface area contributed by atoms with Crippen molar-refractivity contribution >= 4 is 5.91 Å². The number of amides is 1. The van der Waals surface area contributed by atoms with Crippen LogP contribution in [0.25, 0.3) is 0 Å². The van der Waals surface area contributed by atoms with Gasteiger partial charge in [0.15, 0.2) is 0 Å². The van der Waals surface area contributed by atoms with E-state index >= 15 is 0 Å². The first-order chi connectivity index (χ1) is 14.1. The van der Waals surface area contributed by atoms with Gasteiger partial charge in [0.1, 0.15) is 5.75 Å². The summed E-state index contributed by atoms with van der Waals surface area (Å²) in [6, 6.07) is 6.53. The van der Waals surface area contributed by atoms with Crippen LogP contribution in [0.1, 0.15) is 75.0 Å². The van der Waals surface area contributed by atoms with E-state index in [1.165, 1.54) is 43.2 Å². The summed E-state index contributed by atoms with van der Waals surface area (Å²) < 4.78 is 5.50. The molecule has 2 N–H and O–H groups in total. The minimum Gasteiger partial charge on any atom is -0.497 e. The van der Waals surface area contributed by atoms with Gasteiger partial charge in [-0.15, -0.1) is 0 Å². The minimum absolute atomic E-state index is 0.151. The number of hydrogen-bond donors (Lipinski definition) is 2. The molecule has 0 spiro atoms. The number of benzene rings is 1. The maximum absolute atomic E-state index is 13.2. The van der Waals surface area contributed by atoms with Crippen LogP contribution in [-0.2, 0) is 11.2 Å². The normalized spacial score (nSPS) is 24.3. The Balaban J connectivity index is 1.50. The van der Waals surface area contributed by atoms with Crippen LogP contribution in [0.15, 0.2) is 18.2 Å². The highest BCUT2D eigenvalue weighted by Crippen LogP contribution is 2.43. The van der Waals surface area contributed by atoms with E-state index in [0.29, 0.717) is 19.0 Å². The topological polar surface area (TPSA) is 61.8 Å². The summed E-state index contributed by atoms with van der Waals surface area (Å²) in [5.41, 5.74) is 2.02. The highest BCUT2D eigenvalue weighted by Gasteiger charge is 2.37. The first-order valence-corrected chi connectivity index (χ1v) is 11.5. The molecular weight excluding hydrogens is 364 g/mol. The van der Waals surface area contributed by atoms with Gasteiger partial charge in [0.05, 0.1) is 25.3 Å². The molecule has 1 heterocycles. The lowest BCUT2D eigenvalue weighted by molar-refractivity contribution is -0.135. The summed E-state index contributed by atoms with van der Waals surface area (Å²) in [4.78, 5) is 15.4. The van der Waals surface area contributed by atoms with Crippen molar-refractivity contribution < 1.29 is 14.6 Å². The molecule has 160 valence electrons. The van der Waals surface area contributed by atoms with E-state index < -0.39 is 5.60 Å². The number of carbonyl (C=O) groups excluding carboxylic acids is 1. The van der Waals surface area contributed by atoms with Crippen LogP contribution < -0.4 is 10.1 Å². The fourth-order valence-electron chi connectivity index (χ4n) is 5.70. The fraction of sp³-hybridized carbons (Fsp3) is 0.708. The molecule has 0 saturated heterocycles. The maximum atomic E-state index is 13.2. The Labute approximate surface area is 174 Å². The van der Waals surface area contributed by atoms with Gasteiger partial charge in [-0.05, 0) is 61.3 Å². The molecule has 0 aromatic heterocycles. The summed E-state index contributed by atoms with van der Waals surface area (Å²) in [7, 11) is 1.71. The summed E-state index contributed by atoms with van der Waals surface area (Å²) in [5.74, 6) is 1.56. The number of carbonyl (C=O) groups is 1. The lowest BCUT2D eigenvalue weighted by Gasteiger charge is -2.43. The monoisotopic (exact) mass is 400 g/mol. The van der Waals surface area contributed by atoms with Crippen LogP contribution in [-0.4, -0.2) is 48.3 Å². The van der Waals surface area contributed by atoms with E-state index in [2.05, 4.69) is 22.3 Å². The molecule has 2 aliphatic carbocycles. The molecule has 0 radical (unpaired) electrons. The Hall–Kier alpha value is -1.59. The lowest BCUT2D eigenvalue weighted by atomic mass is 9.77.